The molecule has 192 valence electrons. The van der Waals surface area contributed by atoms with Gasteiger partial charge in [-0.15, -0.1) is 10.2 Å². The molecule has 1 aromatic heterocycles. The topological polar surface area (TPSA) is 81.1 Å². The molecule has 4 aromatic rings. The summed E-state index contributed by atoms with van der Waals surface area (Å²) in [5.74, 6) is 1.78. The molecular weight excluding hydrogens is 503 g/mol. The monoisotopic (exact) mass is 527 g/mol. The largest absolute Gasteiger partial charge is 0.497 e. The average Bonchev–Trinajstić information content (AvgIpc) is 3.29. The fourth-order valence-electron chi connectivity index (χ4n) is 3.54. The number of carbonyl (C=O) groups is 1. The van der Waals surface area contributed by atoms with E-state index in [0.29, 0.717) is 16.7 Å². The standard InChI is InChI=1S/C26H24F3N5O2S/c1-17-10-12-19(13-11-17)34-23(32-33-25(34)37-16-18-6-5-7-20(14-18)36-2)15-30-24(35)31-22-9-4-3-8-21(22)26(27,28)29/h3-14H,15-16H2,1-2H3,(H2,30,31,35). The van der Waals surface area contributed by atoms with E-state index in [1.807, 2.05) is 60.0 Å². The van der Waals surface area contributed by atoms with E-state index in [2.05, 4.69) is 20.8 Å². The fourth-order valence-corrected chi connectivity index (χ4v) is 4.45. The molecule has 37 heavy (non-hydrogen) atoms. The normalized spacial score (nSPS) is 11.3. The van der Waals surface area contributed by atoms with Gasteiger partial charge < -0.3 is 15.4 Å². The van der Waals surface area contributed by atoms with Crippen molar-refractivity contribution < 1.29 is 22.7 Å². The summed E-state index contributed by atoms with van der Waals surface area (Å²) in [4.78, 5) is 12.5. The molecule has 0 atom stereocenters. The summed E-state index contributed by atoms with van der Waals surface area (Å²) in [6.07, 6.45) is -4.59. The zero-order chi connectivity index (χ0) is 26.4. The number of thioether (sulfide) groups is 1. The van der Waals surface area contributed by atoms with Crippen LogP contribution in [-0.4, -0.2) is 27.9 Å². The van der Waals surface area contributed by atoms with E-state index < -0.39 is 17.8 Å². The molecular formula is C26H24F3N5O2S. The van der Waals surface area contributed by atoms with E-state index in [9.17, 15) is 18.0 Å². The highest BCUT2D eigenvalue weighted by molar-refractivity contribution is 7.98. The number of para-hydroxylation sites is 1. The Morgan fingerprint density at radius 2 is 1.78 bits per heavy atom. The minimum absolute atomic E-state index is 0.0549. The lowest BCUT2D eigenvalue weighted by molar-refractivity contribution is -0.136. The highest BCUT2D eigenvalue weighted by atomic mass is 32.2. The highest BCUT2D eigenvalue weighted by Crippen LogP contribution is 2.34. The summed E-state index contributed by atoms with van der Waals surface area (Å²) in [6, 6.07) is 19.4. The summed E-state index contributed by atoms with van der Waals surface area (Å²) in [6.45, 7) is 1.92. The van der Waals surface area contributed by atoms with Crippen LogP contribution in [0, 0.1) is 6.92 Å². The van der Waals surface area contributed by atoms with Gasteiger partial charge in [-0.25, -0.2) is 4.79 Å². The van der Waals surface area contributed by atoms with Crippen LogP contribution >= 0.6 is 11.8 Å². The number of carbonyl (C=O) groups excluding carboxylic acids is 1. The maximum absolute atomic E-state index is 13.3. The van der Waals surface area contributed by atoms with Crippen LogP contribution in [0.2, 0.25) is 0 Å². The van der Waals surface area contributed by atoms with E-state index in [4.69, 9.17) is 4.74 Å². The first kappa shape index (κ1) is 26.1. The van der Waals surface area contributed by atoms with Crippen molar-refractivity contribution in [2.45, 2.75) is 30.6 Å². The van der Waals surface area contributed by atoms with E-state index in [1.54, 1.807) is 7.11 Å². The first-order valence-corrected chi connectivity index (χ1v) is 12.2. The number of hydrogen-bond donors (Lipinski definition) is 2. The molecule has 0 bridgehead atoms. The number of alkyl halides is 3. The van der Waals surface area contributed by atoms with Gasteiger partial charge in [-0.2, -0.15) is 13.2 Å². The predicted molar refractivity (Wildman–Crippen MR) is 136 cm³/mol. The molecule has 11 heteroatoms. The third-order valence-corrected chi connectivity index (χ3v) is 6.38. The Bertz CT molecular complexity index is 1370. The van der Waals surface area contributed by atoms with Gasteiger partial charge in [-0.1, -0.05) is 53.7 Å². The number of rotatable bonds is 8. The zero-order valence-corrected chi connectivity index (χ0v) is 20.9. The lowest BCUT2D eigenvalue weighted by Crippen LogP contribution is -2.30. The number of ether oxygens (including phenoxy) is 1. The lowest BCUT2D eigenvalue weighted by atomic mass is 10.1. The van der Waals surface area contributed by atoms with Gasteiger partial charge in [0.15, 0.2) is 11.0 Å². The molecule has 0 saturated heterocycles. The zero-order valence-electron chi connectivity index (χ0n) is 20.0. The average molecular weight is 528 g/mol. The molecule has 0 aliphatic rings. The molecule has 0 fully saturated rings. The first-order valence-electron chi connectivity index (χ1n) is 11.2. The maximum atomic E-state index is 13.3. The summed E-state index contributed by atoms with van der Waals surface area (Å²) >= 11 is 1.46. The van der Waals surface area contributed by atoms with Crippen LogP contribution < -0.4 is 15.4 Å². The number of nitrogens with one attached hydrogen (secondary N) is 2. The Hall–Kier alpha value is -3.99. The van der Waals surface area contributed by atoms with E-state index >= 15 is 0 Å². The van der Waals surface area contributed by atoms with E-state index in [0.717, 1.165) is 28.6 Å². The van der Waals surface area contributed by atoms with E-state index in [1.165, 1.54) is 30.0 Å². The predicted octanol–water partition coefficient (Wildman–Crippen LogP) is 6.22. The second-order valence-corrected chi connectivity index (χ2v) is 9.00. The number of hydrogen-bond acceptors (Lipinski definition) is 5. The molecule has 4 rings (SSSR count). The summed E-state index contributed by atoms with van der Waals surface area (Å²) in [5.41, 5.74) is 1.64. The third-order valence-electron chi connectivity index (χ3n) is 5.38. The number of aryl methyl sites for hydroxylation is 1. The Morgan fingerprint density at radius 1 is 1.03 bits per heavy atom. The third kappa shape index (κ3) is 6.62. The van der Waals surface area contributed by atoms with Crippen molar-refractivity contribution in [3.63, 3.8) is 0 Å². The van der Waals surface area contributed by atoms with Crippen molar-refractivity contribution >= 4 is 23.5 Å². The van der Waals surface area contributed by atoms with Crippen molar-refractivity contribution in [2.24, 2.45) is 0 Å². The number of methoxy groups -OCH3 is 1. The van der Waals surface area contributed by atoms with Crippen molar-refractivity contribution in [1.82, 2.24) is 20.1 Å². The van der Waals surface area contributed by atoms with Crippen LogP contribution in [0.15, 0.2) is 78.0 Å². The van der Waals surface area contributed by atoms with Crippen LogP contribution in [0.4, 0.5) is 23.7 Å². The number of aromatic nitrogens is 3. The van der Waals surface area contributed by atoms with Gasteiger partial charge in [-0.05, 0) is 48.9 Å². The van der Waals surface area contributed by atoms with Crippen LogP contribution in [0.25, 0.3) is 5.69 Å². The minimum atomic E-state index is -4.59. The van der Waals surface area contributed by atoms with Gasteiger partial charge in [0.2, 0.25) is 0 Å². The van der Waals surface area contributed by atoms with Gasteiger partial charge in [0.1, 0.15) is 5.75 Å². The van der Waals surface area contributed by atoms with Gasteiger partial charge in [0.25, 0.3) is 0 Å². The number of urea groups is 1. The molecule has 1 heterocycles. The second kappa shape index (κ2) is 11.4. The van der Waals surface area contributed by atoms with E-state index in [-0.39, 0.29) is 12.2 Å². The van der Waals surface area contributed by atoms with Gasteiger partial charge in [-0.3, -0.25) is 4.57 Å². The van der Waals surface area contributed by atoms with Crippen molar-refractivity contribution in [3.8, 4) is 11.4 Å². The van der Waals surface area contributed by atoms with Gasteiger partial charge in [0, 0.05) is 11.4 Å². The van der Waals surface area contributed by atoms with Gasteiger partial charge >= 0.3 is 12.2 Å². The molecule has 2 amide bonds. The Morgan fingerprint density at radius 3 is 2.51 bits per heavy atom. The number of nitrogens with zero attached hydrogens (tertiary/aromatic N) is 3. The minimum Gasteiger partial charge on any atom is -0.497 e. The summed E-state index contributed by atoms with van der Waals surface area (Å²) in [5, 5.41) is 14.0. The molecule has 0 radical (unpaired) electrons. The molecule has 3 aromatic carbocycles. The molecule has 0 spiro atoms. The fraction of sp³-hybridized carbons (Fsp3) is 0.192. The Labute approximate surface area is 216 Å². The number of amides is 2. The summed E-state index contributed by atoms with van der Waals surface area (Å²) < 4.78 is 46.9. The molecule has 0 aliphatic heterocycles. The Balaban J connectivity index is 1.52. The lowest BCUT2D eigenvalue weighted by Gasteiger charge is -2.14. The van der Waals surface area contributed by atoms with Crippen LogP contribution in [0.3, 0.4) is 0 Å². The van der Waals surface area contributed by atoms with Crippen LogP contribution in [0.5, 0.6) is 5.75 Å². The van der Waals surface area contributed by atoms with Crippen LogP contribution in [-0.2, 0) is 18.5 Å². The van der Waals surface area contributed by atoms with Crippen molar-refractivity contribution in [2.75, 3.05) is 12.4 Å². The highest BCUT2D eigenvalue weighted by Gasteiger charge is 2.33. The van der Waals surface area contributed by atoms with Gasteiger partial charge in [0.05, 0.1) is 24.9 Å². The number of anilines is 1. The van der Waals surface area contributed by atoms with Crippen LogP contribution in [0.1, 0.15) is 22.5 Å². The maximum Gasteiger partial charge on any atom is 0.418 e. The molecule has 2 N–H and O–H groups in total. The summed E-state index contributed by atoms with van der Waals surface area (Å²) in [7, 11) is 1.61. The Kier molecular flexibility index (Phi) is 8.02. The second-order valence-electron chi connectivity index (χ2n) is 8.06. The molecule has 0 saturated carbocycles. The SMILES string of the molecule is COc1cccc(CSc2nnc(CNC(=O)Nc3ccccc3C(F)(F)F)n2-c2ccc(C)cc2)c1. The molecule has 0 aliphatic carbocycles. The molecule has 7 nitrogen and oxygen atoms in total. The van der Waals surface area contributed by atoms with Crippen molar-refractivity contribution in [3.05, 3.63) is 95.3 Å². The smallest absolute Gasteiger partial charge is 0.418 e. The van der Waals surface area contributed by atoms with Crippen molar-refractivity contribution in [1.29, 1.82) is 0 Å². The quantitative estimate of drug-likeness (QED) is 0.266. The first-order chi connectivity index (χ1) is 17.7. The molecule has 0 unspecified atom stereocenters. The number of benzene rings is 3. The number of halogens is 3.